The summed E-state index contributed by atoms with van der Waals surface area (Å²) in [6.07, 6.45) is 1.19. The lowest BCUT2D eigenvalue weighted by atomic mass is 10.1. The zero-order chi connectivity index (χ0) is 19.8. The Labute approximate surface area is 165 Å². The Morgan fingerprint density at radius 3 is 2.18 bits per heavy atom. The van der Waals surface area contributed by atoms with E-state index < -0.39 is 0 Å². The van der Waals surface area contributed by atoms with Crippen LogP contribution < -0.4 is 10.5 Å². The first-order valence-electron chi connectivity index (χ1n) is 9.71. The van der Waals surface area contributed by atoms with Crippen LogP contribution in [0.1, 0.15) is 28.8 Å². The highest BCUT2D eigenvalue weighted by Gasteiger charge is 2.24. The topological polar surface area (TPSA) is 75.9 Å². The van der Waals surface area contributed by atoms with Crippen LogP contribution in [0, 0.1) is 0 Å². The van der Waals surface area contributed by atoms with Crippen LogP contribution in [-0.4, -0.2) is 54.3 Å². The number of ether oxygens (including phenoxy) is 1. The maximum absolute atomic E-state index is 12.7. The van der Waals surface area contributed by atoms with Gasteiger partial charge in [-0.15, -0.1) is 0 Å². The first kappa shape index (κ1) is 19.9. The summed E-state index contributed by atoms with van der Waals surface area (Å²) < 4.78 is 5.77. The third-order valence-electron chi connectivity index (χ3n) is 4.86. The molecule has 0 aliphatic carbocycles. The molecule has 0 saturated carbocycles. The van der Waals surface area contributed by atoms with Crippen molar-refractivity contribution in [1.29, 1.82) is 0 Å². The van der Waals surface area contributed by atoms with Crippen LogP contribution in [0.15, 0.2) is 54.6 Å². The number of nitrogens with zero attached hydrogens (tertiary/aromatic N) is 2. The lowest BCUT2D eigenvalue weighted by Crippen LogP contribution is -2.50. The number of amides is 2. The zero-order valence-electron chi connectivity index (χ0n) is 16.0. The number of nitrogens with two attached hydrogens (primary N) is 1. The Bertz CT molecular complexity index is 769. The van der Waals surface area contributed by atoms with Gasteiger partial charge in [0.2, 0.25) is 5.91 Å². The molecule has 2 aromatic carbocycles. The van der Waals surface area contributed by atoms with Crippen molar-refractivity contribution in [1.82, 2.24) is 9.80 Å². The highest BCUT2D eigenvalue weighted by Crippen LogP contribution is 2.16. The van der Waals surface area contributed by atoms with Gasteiger partial charge in [-0.05, 0) is 42.8 Å². The fourth-order valence-corrected chi connectivity index (χ4v) is 3.19. The molecule has 1 aliphatic rings. The molecule has 1 heterocycles. The second-order valence-electron chi connectivity index (χ2n) is 6.86. The molecule has 2 amide bonds. The Hall–Kier alpha value is -2.86. The van der Waals surface area contributed by atoms with Crippen molar-refractivity contribution >= 4 is 11.8 Å². The van der Waals surface area contributed by atoms with Crippen LogP contribution in [0.25, 0.3) is 0 Å². The van der Waals surface area contributed by atoms with Crippen LogP contribution >= 0.6 is 0 Å². The average Bonchev–Trinajstić information content (AvgIpc) is 2.76. The molecule has 6 nitrogen and oxygen atoms in total. The summed E-state index contributed by atoms with van der Waals surface area (Å²) in [6, 6.07) is 17.2. The summed E-state index contributed by atoms with van der Waals surface area (Å²) in [7, 11) is 0. The number of carbonyl (C=O) groups is 2. The molecule has 0 unspecified atom stereocenters. The Balaban J connectivity index is 1.49. The maximum Gasteiger partial charge on any atom is 0.253 e. The molecule has 2 aromatic rings. The van der Waals surface area contributed by atoms with Gasteiger partial charge >= 0.3 is 0 Å². The molecule has 0 atom stereocenters. The van der Waals surface area contributed by atoms with Crippen LogP contribution in [0.5, 0.6) is 5.75 Å². The number of carbonyl (C=O) groups excluding carboxylic acids is 2. The average molecular weight is 381 g/mol. The minimum absolute atomic E-state index is 0.0105. The highest BCUT2D eigenvalue weighted by molar-refractivity contribution is 5.94. The van der Waals surface area contributed by atoms with Crippen molar-refractivity contribution in [2.75, 3.05) is 32.7 Å². The van der Waals surface area contributed by atoms with E-state index in [0.29, 0.717) is 57.7 Å². The number of piperazine rings is 1. The minimum Gasteiger partial charge on any atom is -0.489 e. The van der Waals surface area contributed by atoms with Crippen molar-refractivity contribution in [3.8, 4) is 5.75 Å². The minimum atomic E-state index is -0.0105. The lowest BCUT2D eigenvalue weighted by Gasteiger charge is -2.35. The molecule has 3 rings (SSSR count). The number of benzene rings is 2. The van der Waals surface area contributed by atoms with Gasteiger partial charge in [-0.25, -0.2) is 0 Å². The fraction of sp³-hybridized carbons (Fsp3) is 0.364. The first-order chi connectivity index (χ1) is 13.7. The van der Waals surface area contributed by atoms with Crippen molar-refractivity contribution in [2.45, 2.75) is 19.4 Å². The van der Waals surface area contributed by atoms with Crippen molar-refractivity contribution in [2.24, 2.45) is 5.73 Å². The van der Waals surface area contributed by atoms with Gasteiger partial charge in [0.15, 0.2) is 0 Å². The van der Waals surface area contributed by atoms with Crippen molar-refractivity contribution in [3.63, 3.8) is 0 Å². The van der Waals surface area contributed by atoms with Gasteiger partial charge in [0.1, 0.15) is 12.4 Å². The molecule has 28 heavy (non-hydrogen) atoms. The Kier molecular flexibility index (Phi) is 7.03. The van der Waals surface area contributed by atoms with E-state index in [1.807, 2.05) is 47.4 Å². The van der Waals surface area contributed by atoms with E-state index >= 15 is 0 Å². The summed E-state index contributed by atoms with van der Waals surface area (Å²) in [5, 5.41) is 0. The second kappa shape index (κ2) is 9.90. The number of hydrogen-bond acceptors (Lipinski definition) is 4. The predicted octanol–water partition coefficient (Wildman–Crippen LogP) is 2.29. The van der Waals surface area contributed by atoms with Gasteiger partial charge in [-0.2, -0.15) is 0 Å². The first-order valence-corrected chi connectivity index (χ1v) is 9.71. The van der Waals surface area contributed by atoms with E-state index in [1.54, 1.807) is 17.0 Å². The third-order valence-corrected chi connectivity index (χ3v) is 4.86. The largest absolute Gasteiger partial charge is 0.489 e. The van der Waals surface area contributed by atoms with Gasteiger partial charge in [0.25, 0.3) is 5.91 Å². The molecule has 1 saturated heterocycles. The lowest BCUT2D eigenvalue weighted by molar-refractivity contribution is -0.132. The molecule has 0 spiro atoms. The zero-order valence-corrected chi connectivity index (χ0v) is 16.0. The SMILES string of the molecule is NCCCC(=O)N1CCN(C(=O)c2ccc(OCc3ccccc3)cc2)CC1. The van der Waals surface area contributed by atoms with E-state index in [2.05, 4.69) is 0 Å². The van der Waals surface area contributed by atoms with E-state index in [0.717, 1.165) is 11.3 Å². The normalized spacial score (nSPS) is 14.0. The molecule has 1 fully saturated rings. The van der Waals surface area contributed by atoms with Gasteiger partial charge in [0, 0.05) is 38.2 Å². The van der Waals surface area contributed by atoms with E-state index in [1.165, 1.54) is 0 Å². The van der Waals surface area contributed by atoms with E-state index in [4.69, 9.17) is 10.5 Å². The molecule has 6 heteroatoms. The maximum atomic E-state index is 12.7. The molecule has 2 N–H and O–H groups in total. The van der Waals surface area contributed by atoms with Crippen LogP contribution in [-0.2, 0) is 11.4 Å². The van der Waals surface area contributed by atoms with E-state index in [9.17, 15) is 9.59 Å². The number of hydrogen-bond donors (Lipinski definition) is 1. The summed E-state index contributed by atoms with van der Waals surface area (Å²) in [4.78, 5) is 28.4. The quantitative estimate of drug-likeness (QED) is 0.798. The van der Waals surface area contributed by atoms with Crippen LogP contribution in [0.2, 0.25) is 0 Å². The Morgan fingerprint density at radius 2 is 1.54 bits per heavy atom. The summed E-state index contributed by atoms with van der Waals surface area (Å²) in [6.45, 7) is 3.28. The molecule has 148 valence electrons. The molecular formula is C22H27N3O3. The van der Waals surface area contributed by atoms with Crippen molar-refractivity contribution < 1.29 is 14.3 Å². The van der Waals surface area contributed by atoms with Gasteiger partial charge in [0.05, 0.1) is 0 Å². The second-order valence-corrected chi connectivity index (χ2v) is 6.86. The number of rotatable bonds is 7. The smallest absolute Gasteiger partial charge is 0.253 e. The molecule has 1 aliphatic heterocycles. The van der Waals surface area contributed by atoms with E-state index in [-0.39, 0.29) is 11.8 Å². The molecule has 0 aromatic heterocycles. The summed E-state index contributed by atoms with van der Waals surface area (Å²) in [5.74, 6) is 0.844. The molecule has 0 radical (unpaired) electrons. The van der Waals surface area contributed by atoms with Gasteiger partial charge < -0.3 is 20.3 Å². The van der Waals surface area contributed by atoms with Crippen LogP contribution in [0.4, 0.5) is 0 Å². The highest BCUT2D eigenvalue weighted by atomic mass is 16.5. The predicted molar refractivity (Wildman–Crippen MR) is 108 cm³/mol. The monoisotopic (exact) mass is 381 g/mol. The van der Waals surface area contributed by atoms with Crippen molar-refractivity contribution in [3.05, 3.63) is 65.7 Å². The third kappa shape index (κ3) is 5.33. The van der Waals surface area contributed by atoms with Gasteiger partial charge in [-0.3, -0.25) is 9.59 Å². The van der Waals surface area contributed by atoms with Crippen LogP contribution in [0.3, 0.4) is 0 Å². The molecular weight excluding hydrogens is 354 g/mol. The Morgan fingerprint density at radius 1 is 0.893 bits per heavy atom. The molecule has 0 bridgehead atoms. The summed E-state index contributed by atoms with van der Waals surface area (Å²) in [5.41, 5.74) is 7.19. The standard InChI is InChI=1S/C22H27N3O3/c23-12-4-7-21(26)24-13-15-25(16-14-24)22(27)19-8-10-20(11-9-19)28-17-18-5-2-1-3-6-18/h1-3,5-6,8-11H,4,7,12-17,23H2. The van der Waals surface area contributed by atoms with Gasteiger partial charge in [-0.1, -0.05) is 30.3 Å². The summed E-state index contributed by atoms with van der Waals surface area (Å²) >= 11 is 0. The fourth-order valence-electron chi connectivity index (χ4n) is 3.19.